The van der Waals surface area contributed by atoms with Gasteiger partial charge < -0.3 is 15.3 Å². The predicted molar refractivity (Wildman–Crippen MR) is 87.4 cm³/mol. The van der Waals surface area contributed by atoms with E-state index in [1.165, 1.54) is 5.56 Å². The Morgan fingerprint density at radius 2 is 2.00 bits per heavy atom. The number of nitrogens with one attached hydrogen (secondary N) is 1. The molecule has 2 aromatic rings. The van der Waals surface area contributed by atoms with E-state index in [0.29, 0.717) is 17.4 Å². The summed E-state index contributed by atoms with van der Waals surface area (Å²) < 4.78 is 0. The van der Waals surface area contributed by atoms with Gasteiger partial charge in [-0.25, -0.2) is 9.97 Å². The monoisotopic (exact) mass is 312 g/mol. The van der Waals surface area contributed by atoms with Crippen LogP contribution in [0.25, 0.3) is 0 Å². The van der Waals surface area contributed by atoms with Gasteiger partial charge in [0.1, 0.15) is 5.75 Å². The summed E-state index contributed by atoms with van der Waals surface area (Å²) in [6, 6.07) is 7.27. The van der Waals surface area contributed by atoms with Crippen LogP contribution in [-0.2, 0) is 6.42 Å². The van der Waals surface area contributed by atoms with E-state index in [4.69, 9.17) is 0 Å². The summed E-state index contributed by atoms with van der Waals surface area (Å²) in [6.07, 6.45) is 5.03. The number of hydrogen-bond acceptors (Lipinski definition) is 5. The lowest BCUT2D eigenvalue weighted by atomic mass is 9.99. The number of carbonyl (C=O) groups excluding carboxylic acids is 1. The van der Waals surface area contributed by atoms with Crippen molar-refractivity contribution in [1.82, 2.24) is 14.9 Å². The molecule has 1 amide bonds. The van der Waals surface area contributed by atoms with E-state index >= 15 is 0 Å². The minimum Gasteiger partial charge on any atom is -0.508 e. The number of amides is 1. The number of aromatic nitrogens is 2. The third-order valence-corrected chi connectivity index (χ3v) is 4.16. The summed E-state index contributed by atoms with van der Waals surface area (Å²) in [6.45, 7) is 1.50. The molecule has 0 bridgehead atoms. The summed E-state index contributed by atoms with van der Waals surface area (Å²) in [4.78, 5) is 22.5. The third kappa shape index (κ3) is 3.59. The number of carbonyl (C=O) groups is 1. The van der Waals surface area contributed by atoms with Gasteiger partial charge in [-0.15, -0.1) is 0 Å². The maximum Gasteiger partial charge on any atom is 0.257 e. The minimum absolute atomic E-state index is 0.0131. The van der Waals surface area contributed by atoms with Crippen molar-refractivity contribution in [2.75, 3.05) is 25.5 Å². The third-order valence-electron chi connectivity index (χ3n) is 4.16. The molecular weight excluding hydrogens is 292 g/mol. The Hall–Kier alpha value is -2.63. The van der Waals surface area contributed by atoms with Gasteiger partial charge in [0.2, 0.25) is 5.95 Å². The number of nitrogens with zero attached hydrogens (tertiary/aromatic N) is 3. The SMILES string of the molecule is CNc1ncc(C(=O)N2CCC(Cc3ccc(O)cc3)C2)cn1. The van der Waals surface area contributed by atoms with E-state index in [1.54, 1.807) is 31.6 Å². The molecule has 1 aliphatic heterocycles. The molecule has 23 heavy (non-hydrogen) atoms. The molecule has 3 rings (SSSR count). The topological polar surface area (TPSA) is 78.4 Å². The molecule has 0 saturated carbocycles. The van der Waals surface area contributed by atoms with Crippen LogP contribution in [0.3, 0.4) is 0 Å². The fourth-order valence-electron chi connectivity index (χ4n) is 2.90. The van der Waals surface area contributed by atoms with Gasteiger partial charge in [-0.3, -0.25) is 4.79 Å². The van der Waals surface area contributed by atoms with Crippen molar-refractivity contribution in [2.24, 2.45) is 5.92 Å². The van der Waals surface area contributed by atoms with Gasteiger partial charge >= 0.3 is 0 Å². The number of phenols is 1. The molecule has 1 aliphatic rings. The molecule has 120 valence electrons. The van der Waals surface area contributed by atoms with Crippen LogP contribution >= 0.6 is 0 Å². The van der Waals surface area contributed by atoms with Crippen molar-refractivity contribution < 1.29 is 9.90 Å². The number of likely N-dealkylation sites (tertiary alicyclic amines) is 1. The van der Waals surface area contributed by atoms with E-state index in [0.717, 1.165) is 25.9 Å². The molecule has 6 heteroatoms. The van der Waals surface area contributed by atoms with E-state index in [-0.39, 0.29) is 11.7 Å². The highest BCUT2D eigenvalue weighted by molar-refractivity contribution is 5.93. The number of aromatic hydroxyl groups is 1. The van der Waals surface area contributed by atoms with Gasteiger partial charge in [-0.05, 0) is 36.5 Å². The lowest BCUT2D eigenvalue weighted by Gasteiger charge is -2.16. The molecule has 0 spiro atoms. The Bertz CT molecular complexity index is 670. The zero-order chi connectivity index (χ0) is 16.2. The first-order valence-electron chi connectivity index (χ1n) is 7.72. The summed E-state index contributed by atoms with van der Waals surface area (Å²) in [7, 11) is 1.74. The van der Waals surface area contributed by atoms with Crippen molar-refractivity contribution in [3.05, 3.63) is 47.8 Å². The van der Waals surface area contributed by atoms with Gasteiger partial charge in [0.15, 0.2) is 0 Å². The van der Waals surface area contributed by atoms with Crippen molar-refractivity contribution in [2.45, 2.75) is 12.8 Å². The van der Waals surface area contributed by atoms with Gasteiger partial charge in [-0.2, -0.15) is 0 Å². The second kappa shape index (κ2) is 6.64. The summed E-state index contributed by atoms with van der Waals surface area (Å²) in [5.41, 5.74) is 1.71. The number of hydrogen-bond donors (Lipinski definition) is 2. The number of phenolic OH excluding ortho intramolecular Hbond substituents is 1. The van der Waals surface area contributed by atoms with E-state index in [9.17, 15) is 9.90 Å². The molecular formula is C17H20N4O2. The van der Waals surface area contributed by atoms with Gasteiger partial charge in [0.25, 0.3) is 5.91 Å². The van der Waals surface area contributed by atoms with Crippen LogP contribution in [0.1, 0.15) is 22.3 Å². The van der Waals surface area contributed by atoms with E-state index < -0.39 is 0 Å². The Labute approximate surface area is 135 Å². The van der Waals surface area contributed by atoms with Crippen LogP contribution in [0.5, 0.6) is 5.75 Å². The maximum absolute atomic E-state index is 12.5. The molecule has 1 aromatic heterocycles. The molecule has 1 fully saturated rings. The lowest BCUT2D eigenvalue weighted by molar-refractivity contribution is 0.0786. The van der Waals surface area contributed by atoms with Crippen LogP contribution < -0.4 is 5.32 Å². The van der Waals surface area contributed by atoms with Crippen LogP contribution in [-0.4, -0.2) is 46.0 Å². The summed E-state index contributed by atoms with van der Waals surface area (Å²) in [5, 5.41) is 12.2. The Morgan fingerprint density at radius 1 is 1.30 bits per heavy atom. The van der Waals surface area contributed by atoms with Gasteiger partial charge in [0, 0.05) is 32.5 Å². The highest BCUT2D eigenvalue weighted by Gasteiger charge is 2.27. The van der Waals surface area contributed by atoms with Crippen LogP contribution in [0.4, 0.5) is 5.95 Å². The largest absolute Gasteiger partial charge is 0.508 e. The second-order valence-corrected chi connectivity index (χ2v) is 5.82. The molecule has 2 N–H and O–H groups in total. The fourth-order valence-corrected chi connectivity index (χ4v) is 2.90. The Kier molecular flexibility index (Phi) is 4.41. The maximum atomic E-state index is 12.5. The van der Waals surface area contributed by atoms with Crippen molar-refractivity contribution in [1.29, 1.82) is 0 Å². The molecule has 1 saturated heterocycles. The highest BCUT2D eigenvalue weighted by Crippen LogP contribution is 2.23. The Morgan fingerprint density at radius 3 is 2.65 bits per heavy atom. The first-order chi connectivity index (χ1) is 11.2. The number of anilines is 1. The lowest BCUT2D eigenvalue weighted by Crippen LogP contribution is -2.29. The molecule has 0 aliphatic carbocycles. The molecule has 1 aromatic carbocycles. The Balaban J connectivity index is 1.60. The number of benzene rings is 1. The highest BCUT2D eigenvalue weighted by atomic mass is 16.3. The smallest absolute Gasteiger partial charge is 0.257 e. The molecule has 6 nitrogen and oxygen atoms in total. The number of rotatable bonds is 4. The predicted octanol–water partition coefficient (Wildman–Crippen LogP) is 1.93. The fraction of sp³-hybridized carbons (Fsp3) is 0.353. The average Bonchev–Trinajstić information content (AvgIpc) is 3.05. The van der Waals surface area contributed by atoms with Crippen LogP contribution in [0.2, 0.25) is 0 Å². The molecule has 2 heterocycles. The van der Waals surface area contributed by atoms with E-state index in [1.807, 2.05) is 17.0 Å². The van der Waals surface area contributed by atoms with Crippen molar-refractivity contribution in [3.8, 4) is 5.75 Å². The van der Waals surface area contributed by atoms with E-state index in [2.05, 4.69) is 15.3 Å². The molecule has 1 unspecified atom stereocenters. The van der Waals surface area contributed by atoms with Crippen LogP contribution in [0, 0.1) is 5.92 Å². The first-order valence-corrected chi connectivity index (χ1v) is 7.72. The van der Waals surface area contributed by atoms with Gasteiger partial charge in [-0.1, -0.05) is 12.1 Å². The quantitative estimate of drug-likeness (QED) is 0.902. The van der Waals surface area contributed by atoms with Crippen LogP contribution in [0.15, 0.2) is 36.7 Å². The molecule has 0 radical (unpaired) electrons. The zero-order valence-corrected chi connectivity index (χ0v) is 13.1. The zero-order valence-electron chi connectivity index (χ0n) is 13.1. The molecule has 1 atom stereocenters. The van der Waals surface area contributed by atoms with Crippen molar-refractivity contribution in [3.63, 3.8) is 0 Å². The normalized spacial score (nSPS) is 17.3. The standard InChI is InChI=1S/C17H20N4O2/c1-18-17-19-9-14(10-20-17)16(23)21-7-6-13(11-21)8-12-2-4-15(22)5-3-12/h2-5,9-10,13,22H,6-8,11H2,1H3,(H,18,19,20). The average molecular weight is 312 g/mol. The second-order valence-electron chi connectivity index (χ2n) is 5.82. The van der Waals surface area contributed by atoms with Crippen molar-refractivity contribution >= 4 is 11.9 Å². The van der Waals surface area contributed by atoms with Gasteiger partial charge in [0.05, 0.1) is 5.56 Å². The summed E-state index contributed by atoms with van der Waals surface area (Å²) >= 11 is 0. The summed E-state index contributed by atoms with van der Waals surface area (Å²) in [5.74, 6) is 1.22. The first kappa shape index (κ1) is 15.3. The minimum atomic E-state index is -0.0131.